The van der Waals surface area contributed by atoms with Crippen molar-refractivity contribution in [1.82, 2.24) is 20.2 Å². The molecule has 0 radical (unpaired) electrons. The summed E-state index contributed by atoms with van der Waals surface area (Å²) < 4.78 is 1.34. The van der Waals surface area contributed by atoms with Gasteiger partial charge in [-0.1, -0.05) is 13.3 Å². The van der Waals surface area contributed by atoms with Crippen LogP contribution in [0.25, 0.3) is 0 Å². The van der Waals surface area contributed by atoms with Gasteiger partial charge in [0.1, 0.15) is 6.33 Å². The zero-order valence-corrected chi connectivity index (χ0v) is 5.80. The molecule has 5 heteroatoms. The van der Waals surface area contributed by atoms with E-state index in [0.717, 1.165) is 6.42 Å². The van der Waals surface area contributed by atoms with Crippen molar-refractivity contribution in [3.8, 4) is 0 Å². The second-order valence-electron chi connectivity index (χ2n) is 2.06. The van der Waals surface area contributed by atoms with E-state index in [1.807, 2.05) is 6.92 Å². The number of aliphatic hydroxyl groups excluding tert-OH is 1. The van der Waals surface area contributed by atoms with Crippen LogP contribution >= 0.6 is 0 Å². The Morgan fingerprint density at radius 1 is 1.70 bits per heavy atom. The maximum atomic E-state index is 9.23. The minimum Gasteiger partial charge on any atom is -0.372 e. The van der Waals surface area contributed by atoms with Crippen LogP contribution in [0, 0.1) is 0 Å². The summed E-state index contributed by atoms with van der Waals surface area (Å²) in [6, 6.07) is 0. The monoisotopic (exact) mass is 142 g/mol. The molecule has 0 spiro atoms. The van der Waals surface area contributed by atoms with E-state index in [1.165, 1.54) is 11.0 Å². The molecular formula is C5H10N4O. The average Bonchev–Trinajstić information content (AvgIpc) is 2.38. The second kappa shape index (κ2) is 3.26. The third-order valence-corrected chi connectivity index (χ3v) is 1.22. The minimum atomic E-state index is -0.569. The van der Waals surface area contributed by atoms with E-state index >= 15 is 0 Å². The van der Waals surface area contributed by atoms with Gasteiger partial charge in [0.15, 0.2) is 6.23 Å². The Labute approximate surface area is 58.7 Å². The Hall–Kier alpha value is -0.970. The number of rotatable bonds is 3. The molecule has 1 N–H and O–H groups in total. The largest absolute Gasteiger partial charge is 0.372 e. The lowest BCUT2D eigenvalue weighted by molar-refractivity contribution is 0.0787. The minimum absolute atomic E-state index is 0.569. The summed E-state index contributed by atoms with van der Waals surface area (Å²) in [5, 5.41) is 19.6. The van der Waals surface area contributed by atoms with Crippen LogP contribution in [0.2, 0.25) is 0 Å². The fraction of sp³-hybridized carbons (Fsp3) is 0.800. The molecule has 56 valence electrons. The van der Waals surface area contributed by atoms with Crippen molar-refractivity contribution in [2.24, 2.45) is 0 Å². The molecule has 0 amide bonds. The highest BCUT2D eigenvalue weighted by molar-refractivity contribution is 4.52. The molecule has 1 unspecified atom stereocenters. The van der Waals surface area contributed by atoms with Gasteiger partial charge in [-0.25, -0.2) is 4.68 Å². The van der Waals surface area contributed by atoms with Crippen molar-refractivity contribution in [3.05, 3.63) is 6.33 Å². The van der Waals surface area contributed by atoms with E-state index in [0.29, 0.717) is 6.42 Å². The van der Waals surface area contributed by atoms with Crippen LogP contribution in [0.4, 0.5) is 0 Å². The first kappa shape index (κ1) is 7.14. The Morgan fingerprint density at radius 2 is 2.50 bits per heavy atom. The molecule has 1 aromatic heterocycles. The summed E-state index contributed by atoms with van der Waals surface area (Å²) >= 11 is 0. The quantitative estimate of drug-likeness (QED) is 0.643. The highest BCUT2D eigenvalue weighted by atomic mass is 16.3. The molecule has 0 aromatic carbocycles. The van der Waals surface area contributed by atoms with Crippen molar-refractivity contribution >= 4 is 0 Å². The van der Waals surface area contributed by atoms with Gasteiger partial charge < -0.3 is 5.11 Å². The van der Waals surface area contributed by atoms with E-state index in [4.69, 9.17) is 0 Å². The zero-order chi connectivity index (χ0) is 7.40. The molecule has 0 saturated carbocycles. The van der Waals surface area contributed by atoms with Crippen molar-refractivity contribution in [3.63, 3.8) is 0 Å². The molecule has 0 aliphatic heterocycles. The zero-order valence-electron chi connectivity index (χ0n) is 5.80. The highest BCUT2D eigenvalue weighted by Gasteiger charge is 2.04. The molecule has 1 aromatic rings. The van der Waals surface area contributed by atoms with Crippen LogP contribution in [0.5, 0.6) is 0 Å². The van der Waals surface area contributed by atoms with Gasteiger partial charge in [-0.15, -0.1) is 5.10 Å². The van der Waals surface area contributed by atoms with Gasteiger partial charge in [0.2, 0.25) is 0 Å². The van der Waals surface area contributed by atoms with Crippen LogP contribution in [0.15, 0.2) is 6.33 Å². The normalized spacial score (nSPS) is 13.4. The van der Waals surface area contributed by atoms with E-state index in [1.54, 1.807) is 0 Å². The number of nitrogens with zero attached hydrogens (tertiary/aromatic N) is 4. The maximum absolute atomic E-state index is 9.23. The van der Waals surface area contributed by atoms with Gasteiger partial charge in [-0.05, 0) is 16.8 Å². The summed E-state index contributed by atoms with van der Waals surface area (Å²) in [6.45, 7) is 1.99. The molecule has 1 atom stereocenters. The molecule has 5 nitrogen and oxygen atoms in total. The number of hydrogen-bond donors (Lipinski definition) is 1. The molecule has 1 heterocycles. The van der Waals surface area contributed by atoms with Gasteiger partial charge in [0, 0.05) is 0 Å². The molecule has 0 bridgehead atoms. The van der Waals surface area contributed by atoms with E-state index < -0.39 is 6.23 Å². The third-order valence-electron chi connectivity index (χ3n) is 1.22. The first-order valence-electron chi connectivity index (χ1n) is 3.25. The fourth-order valence-corrected chi connectivity index (χ4v) is 0.695. The lowest BCUT2D eigenvalue weighted by Gasteiger charge is -2.05. The highest BCUT2D eigenvalue weighted by Crippen LogP contribution is 2.05. The summed E-state index contributed by atoms with van der Waals surface area (Å²) in [5.41, 5.74) is 0. The van der Waals surface area contributed by atoms with Crippen LogP contribution in [0.3, 0.4) is 0 Å². The number of tetrazole rings is 1. The predicted octanol–water partition coefficient (Wildman–Crippen LogP) is -0.0359. The van der Waals surface area contributed by atoms with Crippen LogP contribution in [-0.4, -0.2) is 25.3 Å². The lowest BCUT2D eigenvalue weighted by atomic mass is 10.3. The fourth-order valence-electron chi connectivity index (χ4n) is 0.695. The predicted molar refractivity (Wildman–Crippen MR) is 34.0 cm³/mol. The van der Waals surface area contributed by atoms with Gasteiger partial charge in [0.25, 0.3) is 0 Å². The number of hydrogen-bond acceptors (Lipinski definition) is 4. The van der Waals surface area contributed by atoms with Crippen LogP contribution in [-0.2, 0) is 0 Å². The molecule has 0 aliphatic rings. The summed E-state index contributed by atoms with van der Waals surface area (Å²) in [4.78, 5) is 0. The van der Waals surface area contributed by atoms with E-state index in [2.05, 4.69) is 15.5 Å². The van der Waals surface area contributed by atoms with Crippen molar-refractivity contribution in [1.29, 1.82) is 0 Å². The Balaban J connectivity index is 2.50. The van der Waals surface area contributed by atoms with Crippen molar-refractivity contribution < 1.29 is 5.11 Å². The number of aliphatic hydroxyl groups is 1. The van der Waals surface area contributed by atoms with Gasteiger partial charge in [-0.2, -0.15) is 0 Å². The number of aromatic nitrogens is 4. The third kappa shape index (κ3) is 1.51. The molecular weight excluding hydrogens is 132 g/mol. The van der Waals surface area contributed by atoms with Crippen LogP contribution in [0.1, 0.15) is 26.0 Å². The van der Waals surface area contributed by atoms with Gasteiger partial charge in [-0.3, -0.25) is 0 Å². The first-order valence-corrected chi connectivity index (χ1v) is 3.25. The Morgan fingerprint density at radius 3 is 3.00 bits per heavy atom. The molecule has 1 rings (SSSR count). The summed E-state index contributed by atoms with van der Waals surface area (Å²) in [6.07, 6.45) is 2.44. The van der Waals surface area contributed by atoms with E-state index in [9.17, 15) is 5.11 Å². The average molecular weight is 142 g/mol. The molecule has 0 saturated heterocycles. The van der Waals surface area contributed by atoms with Gasteiger partial charge in [0.05, 0.1) is 0 Å². The SMILES string of the molecule is CCCC(O)n1cnnn1. The summed E-state index contributed by atoms with van der Waals surface area (Å²) in [7, 11) is 0. The summed E-state index contributed by atoms with van der Waals surface area (Å²) in [5.74, 6) is 0. The lowest BCUT2D eigenvalue weighted by Crippen LogP contribution is -2.08. The van der Waals surface area contributed by atoms with Crippen molar-refractivity contribution in [2.45, 2.75) is 26.0 Å². The Bertz CT molecular complexity index is 174. The maximum Gasteiger partial charge on any atom is 0.150 e. The van der Waals surface area contributed by atoms with Crippen molar-refractivity contribution in [2.75, 3.05) is 0 Å². The first-order chi connectivity index (χ1) is 4.84. The molecule has 0 aliphatic carbocycles. The van der Waals surface area contributed by atoms with Gasteiger partial charge >= 0.3 is 0 Å². The topological polar surface area (TPSA) is 63.8 Å². The second-order valence-corrected chi connectivity index (χ2v) is 2.06. The van der Waals surface area contributed by atoms with E-state index in [-0.39, 0.29) is 0 Å². The standard InChI is InChI=1S/C5H10N4O/c1-2-3-5(10)9-4-6-7-8-9/h4-5,10H,2-3H2,1H3. The smallest absolute Gasteiger partial charge is 0.150 e. The Kier molecular flexibility index (Phi) is 2.33. The molecule has 10 heavy (non-hydrogen) atoms. The van der Waals surface area contributed by atoms with Crippen LogP contribution < -0.4 is 0 Å². The molecule has 0 fully saturated rings.